The lowest BCUT2D eigenvalue weighted by Crippen LogP contribution is -2.13. The second-order valence-electron chi connectivity index (χ2n) is 4.52. The van der Waals surface area contributed by atoms with Crippen molar-refractivity contribution in [3.05, 3.63) is 57.3 Å². The van der Waals surface area contributed by atoms with Crippen molar-refractivity contribution in [3.8, 4) is 0 Å². The predicted octanol–water partition coefficient (Wildman–Crippen LogP) is 4.62. The summed E-state index contributed by atoms with van der Waals surface area (Å²) in [5, 5.41) is 5.33. The largest absolute Gasteiger partial charge is 0.416 e. The normalized spacial score (nSPS) is 11.8. The summed E-state index contributed by atoms with van der Waals surface area (Å²) in [6, 6.07) is 7.40. The van der Waals surface area contributed by atoms with Crippen LogP contribution in [0.1, 0.15) is 28.5 Å². The molecule has 1 aromatic carbocycles. The van der Waals surface area contributed by atoms with E-state index >= 15 is 0 Å². The van der Waals surface area contributed by atoms with Crippen LogP contribution < -0.4 is 5.32 Å². The van der Waals surface area contributed by atoms with Gasteiger partial charge < -0.3 is 5.32 Å². The first-order valence-corrected chi connectivity index (χ1v) is 7.30. The van der Waals surface area contributed by atoms with Gasteiger partial charge in [-0.15, -0.1) is 11.3 Å². The van der Waals surface area contributed by atoms with Gasteiger partial charge in [-0.3, -0.25) is 0 Å². The van der Waals surface area contributed by atoms with E-state index in [0.717, 1.165) is 30.7 Å². The molecule has 0 unspecified atom stereocenters. The van der Waals surface area contributed by atoms with Gasteiger partial charge in [0.2, 0.25) is 0 Å². The minimum absolute atomic E-state index is 0.569. The molecular weight excluding hydrogens is 283 g/mol. The second kappa shape index (κ2) is 6.41. The molecule has 2 rings (SSSR count). The molecule has 20 heavy (non-hydrogen) atoms. The van der Waals surface area contributed by atoms with E-state index in [1.54, 1.807) is 11.3 Å². The molecule has 108 valence electrons. The number of halogens is 3. The Labute approximate surface area is 120 Å². The Morgan fingerprint density at radius 2 is 1.75 bits per heavy atom. The summed E-state index contributed by atoms with van der Waals surface area (Å²) in [6.45, 7) is 3.43. The number of aryl methyl sites for hydroxylation is 1. The highest BCUT2D eigenvalue weighted by molar-refractivity contribution is 7.10. The maximum atomic E-state index is 12.4. The fourth-order valence-corrected chi connectivity index (χ4v) is 2.91. The molecule has 0 saturated heterocycles. The minimum Gasteiger partial charge on any atom is -0.308 e. The number of nitrogens with one attached hydrogen (secondary N) is 1. The Bertz CT molecular complexity index is 543. The molecule has 0 spiro atoms. The van der Waals surface area contributed by atoms with E-state index in [9.17, 15) is 13.2 Å². The van der Waals surface area contributed by atoms with Gasteiger partial charge in [0.05, 0.1) is 5.56 Å². The van der Waals surface area contributed by atoms with Crippen LogP contribution in [0.3, 0.4) is 0 Å². The highest BCUT2D eigenvalue weighted by Gasteiger charge is 2.29. The molecule has 0 radical (unpaired) electrons. The van der Waals surface area contributed by atoms with Crippen LogP contribution in [0.15, 0.2) is 35.7 Å². The van der Waals surface area contributed by atoms with Gasteiger partial charge in [-0.2, -0.15) is 13.2 Å². The third-order valence-corrected chi connectivity index (χ3v) is 4.08. The van der Waals surface area contributed by atoms with Crippen molar-refractivity contribution in [2.75, 3.05) is 0 Å². The van der Waals surface area contributed by atoms with Gasteiger partial charge in [0.15, 0.2) is 0 Å². The fourth-order valence-electron chi connectivity index (χ4n) is 1.97. The van der Waals surface area contributed by atoms with Crippen molar-refractivity contribution in [2.45, 2.75) is 32.6 Å². The second-order valence-corrected chi connectivity index (χ2v) is 5.52. The van der Waals surface area contributed by atoms with Gasteiger partial charge in [-0.1, -0.05) is 19.1 Å². The first kappa shape index (κ1) is 15.1. The molecular formula is C15H16F3NS. The van der Waals surface area contributed by atoms with Crippen LogP contribution in [-0.2, 0) is 25.7 Å². The van der Waals surface area contributed by atoms with E-state index < -0.39 is 11.7 Å². The summed E-state index contributed by atoms with van der Waals surface area (Å²) in [5.41, 5.74) is 1.58. The summed E-state index contributed by atoms with van der Waals surface area (Å²) in [5.74, 6) is 0. The summed E-state index contributed by atoms with van der Waals surface area (Å²) in [4.78, 5) is 1.29. The van der Waals surface area contributed by atoms with Gasteiger partial charge in [0.25, 0.3) is 0 Å². The molecule has 1 nitrogen and oxygen atoms in total. The van der Waals surface area contributed by atoms with Crippen LogP contribution in [0.4, 0.5) is 13.2 Å². The number of rotatable bonds is 5. The molecule has 1 N–H and O–H groups in total. The van der Waals surface area contributed by atoms with E-state index in [1.807, 2.05) is 0 Å². The molecule has 0 aliphatic rings. The molecule has 0 aliphatic carbocycles. The van der Waals surface area contributed by atoms with Crippen molar-refractivity contribution >= 4 is 11.3 Å². The van der Waals surface area contributed by atoms with E-state index in [2.05, 4.69) is 23.7 Å². The van der Waals surface area contributed by atoms with Crippen molar-refractivity contribution < 1.29 is 13.2 Å². The summed E-state index contributed by atoms with van der Waals surface area (Å²) in [6.07, 6.45) is -3.26. The first-order valence-electron chi connectivity index (χ1n) is 6.43. The Morgan fingerprint density at radius 1 is 1.05 bits per heavy atom. The lowest BCUT2D eigenvalue weighted by atomic mass is 10.1. The molecule has 1 aromatic heterocycles. The number of thiophene rings is 1. The molecule has 0 atom stereocenters. The van der Waals surface area contributed by atoms with E-state index in [1.165, 1.54) is 22.6 Å². The number of hydrogen-bond donors (Lipinski definition) is 1. The lowest BCUT2D eigenvalue weighted by molar-refractivity contribution is -0.137. The molecule has 0 saturated carbocycles. The van der Waals surface area contributed by atoms with Crippen LogP contribution in [0.25, 0.3) is 0 Å². The highest BCUT2D eigenvalue weighted by atomic mass is 32.1. The summed E-state index contributed by atoms with van der Waals surface area (Å²) >= 11 is 1.70. The van der Waals surface area contributed by atoms with Crippen LogP contribution in [0, 0.1) is 0 Å². The Kier molecular flexibility index (Phi) is 4.83. The standard InChI is InChI=1S/C15H16F3NS/c1-2-12-7-8-20-14(12)10-19-9-11-3-5-13(6-4-11)15(16,17)18/h3-8,19H,2,9-10H2,1H3. The van der Waals surface area contributed by atoms with Crippen LogP contribution in [-0.4, -0.2) is 0 Å². The molecule has 0 amide bonds. The molecule has 0 bridgehead atoms. The third-order valence-electron chi connectivity index (χ3n) is 3.11. The first-order chi connectivity index (χ1) is 9.50. The van der Waals surface area contributed by atoms with E-state index in [4.69, 9.17) is 0 Å². The maximum absolute atomic E-state index is 12.4. The van der Waals surface area contributed by atoms with Crippen molar-refractivity contribution in [2.24, 2.45) is 0 Å². The maximum Gasteiger partial charge on any atom is 0.416 e. The van der Waals surface area contributed by atoms with Gasteiger partial charge >= 0.3 is 6.18 Å². The van der Waals surface area contributed by atoms with Crippen molar-refractivity contribution in [3.63, 3.8) is 0 Å². The average molecular weight is 299 g/mol. The predicted molar refractivity (Wildman–Crippen MR) is 75.7 cm³/mol. The SMILES string of the molecule is CCc1ccsc1CNCc1ccc(C(F)(F)F)cc1. The topological polar surface area (TPSA) is 12.0 Å². The summed E-state index contributed by atoms with van der Waals surface area (Å²) < 4.78 is 37.3. The summed E-state index contributed by atoms with van der Waals surface area (Å²) in [7, 11) is 0. The molecule has 2 aromatic rings. The van der Waals surface area contributed by atoms with E-state index in [0.29, 0.717) is 6.54 Å². The Morgan fingerprint density at radius 3 is 2.35 bits per heavy atom. The average Bonchev–Trinajstić information content (AvgIpc) is 2.86. The molecule has 5 heteroatoms. The molecule has 0 fully saturated rings. The minimum atomic E-state index is -4.26. The van der Waals surface area contributed by atoms with Gasteiger partial charge in [-0.25, -0.2) is 0 Å². The quantitative estimate of drug-likeness (QED) is 0.849. The van der Waals surface area contributed by atoms with Gasteiger partial charge in [-0.05, 0) is 41.1 Å². The number of benzene rings is 1. The van der Waals surface area contributed by atoms with Crippen LogP contribution in [0.2, 0.25) is 0 Å². The Balaban J connectivity index is 1.88. The highest BCUT2D eigenvalue weighted by Crippen LogP contribution is 2.29. The third kappa shape index (κ3) is 3.84. The fraction of sp³-hybridized carbons (Fsp3) is 0.333. The number of alkyl halides is 3. The zero-order chi connectivity index (χ0) is 14.6. The van der Waals surface area contributed by atoms with Gasteiger partial charge in [0, 0.05) is 18.0 Å². The van der Waals surface area contributed by atoms with E-state index in [-0.39, 0.29) is 0 Å². The lowest BCUT2D eigenvalue weighted by Gasteiger charge is -2.08. The van der Waals surface area contributed by atoms with Crippen molar-refractivity contribution in [1.29, 1.82) is 0 Å². The zero-order valence-corrected chi connectivity index (χ0v) is 11.9. The monoisotopic (exact) mass is 299 g/mol. The Hall–Kier alpha value is -1.33. The molecule has 1 heterocycles. The van der Waals surface area contributed by atoms with Crippen LogP contribution in [0.5, 0.6) is 0 Å². The molecule has 0 aliphatic heterocycles. The smallest absolute Gasteiger partial charge is 0.308 e. The van der Waals surface area contributed by atoms with Crippen molar-refractivity contribution in [1.82, 2.24) is 5.32 Å². The van der Waals surface area contributed by atoms with Gasteiger partial charge in [0.1, 0.15) is 0 Å². The zero-order valence-electron chi connectivity index (χ0n) is 11.1. The van der Waals surface area contributed by atoms with Crippen LogP contribution >= 0.6 is 11.3 Å². The number of hydrogen-bond acceptors (Lipinski definition) is 2.